The van der Waals surface area contributed by atoms with Crippen molar-refractivity contribution in [1.82, 2.24) is 19.8 Å². The summed E-state index contributed by atoms with van der Waals surface area (Å²) in [6, 6.07) is 2.96. The number of hydrogen-bond acceptors (Lipinski definition) is 11. The molecule has 15 nitrogen and oxygen atoms in total. The maximum atomic E-state index is 13.5. The Morgan fingerprint density at radius 3 is 2.63 bits per heavy atom. The standard InChI is InChI=1S/C41H59N7O8S/c1-8-48(39(52)55-32-14-11-26-20-31-29-13-12-27(49)21-41(29,15-18-47(31)7)33(26)34(32)50)19-17-44-37(51)30(42)10-9-16-45-38(43)46-57(53,54)36-24(3)23(2)35-28(25(36)4)22-40(5,6)56-35/h11,14,29-31,50H,8-10,12-13,15-22,42H2,1-7H3,(H,44,51)(H3,43,45,46). The molecule has 1 saturated carbocycles. The topological polar surface area (TPSA) is 219 Å². The first-order chi connectivity index (χ1) is 26.8. The molecule has 1 saturated heterocycles. The van der Waals surface area contributed by atoms with Gasteiger partial charge in [0.05, 0.1) is 10.9 Å². The smallest absolute Gasteiger partial charge is 0.415 e. The van der Waals surface area contributed by atoms with Gasteiger partial charge in [0.25, 0.3) is 10.0 Å². The molecular weight excluding hydrogens is 751 g/mol. The summed E-state index contributed by atoms with van der Waals surface area (Å²) >= 11 is 0. The summed E-state index contributed by atoms with van der Waals surface area (Å²) in [6.07, 6.45) is 3.79. The van der Waals surface area contributed by atoms with Crippen molar-refractivity contribution in [2.24, 2.45) is 22.4 Å². The molecule has 2 bridgehead atoms. The van der Waals surface area contributed by atoms with Crippen molar-refractivity contribution in [3.05, 3.63) is 45.5 Å². The molecule has 4 unspecified atom stereocenters. The number of carbonyl (C=O) groups excluding carboxylic acids is 3. The number of Topliss-reactive ketones (excluding diaryl/α,β-unsaturated/α-hetero) is 1. The maximum Gasteiger partial charge on any atom is 0.415 e. The van der Waals surface area contributed by atoms with Crippen LogP contribution in [0.5, 0.6) is 17.2 Å². The summed E-state index contributed by atoms with van der Waals surface area (Å²) in [5.74, 6) is 0.495. The Morgan fingerprint density at radius 1 is 1.18 bits per heavy atom. The highest BCUT2D eigenvalue weighted by Crippen LogP contribution is 2.58. The minimum atomic E-state index is -4.04. The number of hydrogen-bond donors (Lipinski definition) is 5. The highest BCUT2D eigenvalue weighted by Gasteiger charge is 2.56. The van der Waals surface area contributed by atoms with Gasteiger partial charge in [-0.3, -0.25) is 14.6 Å². The van der Waals surface area contributed by atoms with Crippen molar-refractivity contribution in [3.63, 3.8) is 0 Å². The lowest BCUT2D eigenvalue weighted by Gasteiger charge is -2.58. The number of fused-ring (bicyclic) bond motifs is 2. The van der Waals surface area contributed by atoms with E-state index in [2.05, 4.69) is 27.0 Å². The molecule has 0 aromatic heterocycles. The van der Waals surface area contributed by atoms with E-state index in [1.807, 2.05) is 26.8 Å². The molecule has 4 aliphatic rings. The normalized spacial score (nSPS) is 23.1. The third-order valence-corrected chi connectivity index (χ3v) is 14.3. The molecule has 0 radical (unpaired) electrons. The molecule has 2 aliphatic carbocycles. The fourth-order valence-corrected chi connectivity index (χ4v) is 11.2. The van der Waals surface area contributed by atoms with Gasteiger partial charge in [0.1, 0.15) is 17.1 Å². The number of sulfonamides is 1. The number of ether oxygens (including phenoxy) is 2. The second-order valence-electron chi connectivity index (χ2n) is 16.9. The molecular formula is C41H59N7O8S. The molecule has 2 aliphatic heterocycles. The number of phenols is 1. The van der Waals surface area contributed by atoms with E-state index in [-0.39, 0.29) is 60.1 Å². The lowest BCUT2D eigenvalue weighted by atomic mass is 9.52. The quantitative estimate of drug-likeness (QED) is 0.119. The molecule has 2 amide bonds. The number of ketones is 1. The van der Waals surface area contributed by atoms with Crippen LogP contribution >= 0.6 is 0 Å². The summed E-state index contributed by atoms with van der Waals surface area (Å²) in [5, 5.41) is 14.3. The number of guanidine groups is 1. The number of phenolic OH excluding ortho intramolecular Hbond substituents is 1. The van der Waals surface area contributed by atoms with Crippen LogP contribution in [0.1, 0.15) is 92.7 Å². The molecule has 2 aromatic carbocycles. The Kier molecular flexibility index (Phi) is 11.9. The zero-order valence-electron chi connectivity index (χ0n) is 34.3. The second-order valence-corrected chi connectivity index (χ2v) is 18.5. The van der Waals surface area contributed by atoms with Gasteiger partial charge in [-0.25, -0.2) is 17.9 Å². The minimum absolute atomic E-state index is 0.0608. The van der Waals surface area contributed by atoms with Gasteiger partial charge >= 0.3 is 6.09 Å². The molecule has 4 atom stereocenters. The number of likely N-dealkylation sites (N-methyl/N-ethyl adjacent to an activating group) is 2. The van der Waals surface area contributed by atoms with E-state index in [1.165, 1.54) is 4.90 Å². The average molecular weight is 810 g/mol. The van der Waals surface area contributed by atoms with Crippen molar-refractivity contribution >= 4 is 33.8 Å². The van der Waals surface area contributed by atoms with Crippen LogP contribution in [-0.4, -0.2) is 105 Å². The number of likely N-dealkylation sites (tertiary alicyclic amines) is 1. The van der Waals surface area contributed by atoms with Crippen molar-refractivity contribution in [3.8, 4) is 17.2 Å². The van der Waals surface area contributed by atoms with Crippen LogP contribution in [0.4, 0.5) is 4.79 Å². The Bertz CT molecular complexity index is 2090. The van der Waals surface area contributed by atoms with Gasteiger partial charge in [0, 0.05) is 68.0 Å². The fourth-order valence-electron chi connectivity index (χ4n) is 9.68. The van der Waals surface area contributed by atoms with E-state index < -0.39 is 39.1 Å². The lowest BCUT2D eigenvalue weighted by molar-refractivity contribution is -0.127. The van der Waals surface area contributed by atoms with Crippen LogP contribution in [0.15, 0.2) is 22.0 Å². The monoisotopic (exact) mass is 809 g/mol. The zero-order valence-corrected chi connectivity index (χ0v) is 35.1. The van der Waals surface area contributed by atoms with Crippen molar-refractivity contribution < 1.29 is 37.4 Å². The van der Waals surface area contributed by atoms with Crippen molar-refractivity contribution in [2.45, 2.75) is 121 Å². The number of aromatic hydroxyl groups is 1. The zero-order chi connectivity index (χ0) is 41.6. The third-order valence-electron chi connectivity index (χ3n) is 12.7. The average Bonchev–Trinajstić information content (AvgIpc) is 3.48. The lowest BCUT2D eigenvalue weighted by Crippen LogP contribution is -2.60. The molecule has 0 spiro atoms. The van der Waals surface area contributed by atoms with Crippen LogP contribution in [-0.2, 0) is 37.9 Å². The first kappa shape index (κ1) is 42.2. The molecule has 57 heavy (non-hydrogen) atoms. The number of amides is 2. The van der Waals surface area contributed by atoms with Gasteiger partial charge in [-0.2, -0.15) is 0 Å². The summed E-state index contributed by atoms with van der Waals surface area (Å²) in [6.45, 7) is 12.6. The predicted octanol–water partition coefficient (Wildman–Crippen LogP) is 3.24. The number of nitrogens with one attached hydrogen (secondary N) is 2. The van der Waals surface area contributed by atoms with Crippen LogP contribution in [0.2, 0.25) is 0 Å². The Labute approximate surface area is 336 Å². The summed E-state index contributed by atoms with van der Waals surface area (Å²) in [7, 11) is -1.92. The van der Waals surface area contributed by atoms with E-state index in [1.54, 1.807) is 26.8 Å². The van der Waals surface area contributed by atoms with E-state index in [0.29, 0.717) is 49.4 Å². The number of nitrogens with two attached hydrogens (primary N) is 2. The molecule has 6 rings (SSSR count). The number of aliphatic imine (C=N–C) groups is 1. The molecule has 2 fully saturated rings. The van der Waals surface area contributed by atoms with Gasteiger partial charge in [0.2, 0.25) is 11.9 Å². The van der Waals surface area contributed by atoms with Crippen molar-refractivity contribution in [1.29, 1.82) is 0 Å². The third kappa shape index (κ3) is 8.17. The van der Waals surface area contributed by atoms with Crippen LogP contribution in [0, 0.1) is 26.7 Å². The molecule has 312 valence electrons. The maximum absolute atomic E-state index is 13.5. The van der Waals surface area contributed by atoms with Gasteiger partial charge in [-0.1, -0.05) is 6.07 Å². The molecule has 16 heteroatoms. The Morgan fingerprint density at radius 2 is 1.91 bits per heavy atom. The molecule has 2 heterocycles. The van der Waals surface area contributed by atoms with E-state index in [9.17, 15) is 27.9 Å². The SMILES string of the molecule is CCN(CCNC(=O)C(N)CCCN=C(N)NS(=O)(=O)c1c(C)c(C)c2c(c1C)CC(C)(C)O2)C(=O)Oc1ccc2c(c1O)C13CCN(C)C(C2)C1CCC(=O)C3. The highest BCUT2D eigenvalue weighted by molar-refractivity contribution is 7.90. The summed E-state index contributed by atoms with van der Waals surface area (Å²) in [5.41, 5.74) is 15.8. The van der Waals surface area contributed by atoms with Gasteiger partial charge in [0.15, 0.2) is 11.5 Å². The summed E-state index contributed by atoms with van der Waals surface area (Å²) < 4.78 is 41.2. The van der Waals surface area contributed by atoms with Crippen molar-refractivity contribution in [2.75, 3.05) is 39.8 Å². The second kappa shape index (κ2) is 16.1. The Balaban J connectivity index is 0.981. The predicted molar refractivity (Wildman–Crippen MR) is 216 cm³/mol. The summed E-state index contributed by atoms with van der Waals surface area (Å²) in [4.78, 5) is 47.0. The Hall–Kier alpha value is -4.41. The number of rotatable bonds is 12. The van der Waals surface area contributed by atoms with E-state index in [0.717, 1.165) is 53.8 Å². The van der Waals surface area contributed by atoms with E-state index >= 15 is 0 Å². The van der Waals surface area contributed by atoms with Crippen LogP contribution < -0.4 is 31.0 Å². The number of carbonyl (C=O) groups is 3. The number of benzene rings is 2. The van der Waals surface area contributed by atoms with Crippen LogP contribution in [0.3, 0.4) is 0 Å². The fraction of sp³-hybridized carbons (Fsp3) is 0.610. The molecule has 2 aromatic rings. The van der Waals surface area contributed by atoms with Gasteiger partial charge in [-0.15, -0.1) is 0 Å². The minimum Gasteiger partial charge on any atom is -0.504 e. The highest BCUT2D eigenvalue weighted by atomic mass is 32.2. The first-order valence-electron chi connectivity index (χ1n) is 20.0. The van der Waals surface area contributed by atoms with Crippen LogP contribution in [0.25, 0.3) is 0 Å². The van der Waals surface area contributed by atoms with Gasteiger partial charge in [-0.05, 0) is 121 Å². The van der Waals surface area contributed by atoms with E-state index in [4.69, 9.17) is 20.9 Å². The van der Waals surface area contributed by atoms with Gasteiger partial charge < -0.3 is 41.2 Å². The largest absolute Gasteiger partial charge is 0.504 e. The first-order valence-corrected chi connectivity index (χ1v) is 21.5. The molecule has 7 N–H and O–H groups in total. The number of piperidine rings is 1. The number of nitrogens with zero attached hydrogens (tertiary/aromatic N) is 3.